The van der Waals surface area contributed by atoms with Crippen LogP contribution in [0, 0.1) is 17.8 Å². The first-order valence-electron chi connectivity index (χ1n) is 12.0. The maximum absolute atomic E-state index is 14.2. The Bertz CT molecular complexity index is 820. The Hall–Kier alpha value is -1.93. The highest BCUT2D eigenvalue weighted by Gasteiger charge is 2.79. The second-order valence-corrected chi connectivity index (χ2v) is 11.1. The number of ether oxygens (including phenoxy) is 2. The van der Waals surface area contributed by atoms with Gasteiger partial charge in [-0.1, -0.05) is 19.9 Å². The molecule has 3 aliphatic heterocycles. The summed E-state index contributed by atoms with van der Waals surface area (Å²) in [5, 5.41) is 10.2. The van der Waals surface area contributed by atoms with E-state index in [4.69, 9.17) is 9.47 Å². The van der Waals surface area contributed by atoms with E-state index in [9.17, 15) is 19.5 Å². The Morgan fingerprint density at radius 2 is 2.00 bits per heavy atom. The molecule has 3 fully saturated rings. The fourth-order valence-corrected chi connectivity index (χ4v) is 6.18. The molecule has 8 heteroatoms. The largest absolute Gasteiger partial charge is 0.466 e. The fraction of sp³-hybridized carbons (Fsp3) is 0.800. The van der Waals surface area contributed by atoms with Crippen LogP contribution in [0.3, 0.4) is 0 Å². The van der Waals surface area contributed by atoms with E-state index in [1.54, 1.807) is 17.9 Å². The van der Waals surface area contributed by atoms with Crippen LogP contribution in [0.5, 0.6) is 0 Å². The smallest absolute Gasteiger partial charge is 0.312 e. The number of carbonyl (C=O) groups is 3. The molecule has 0 aromatic rings. The summed E-state index contributed by atoms with van der Waals surface area (Å²) in [7, 11) is 0. The van der Waals surface area contributed by atoms with Crippen molar-refractivity contribution < 1.29 is 29.0 Å². The van der Waals surface area contributed by atoms with E-state index in [0.29, 0.717) is 19.4 Å². The molecular formula is C25H40N2O6. The van der Waals surface area contributed by atoms with E-state index in [1.165, 1.54) is 4.90 Å². The lowest BCUT2D eigenvalue weighted by Crippen LogP contribution is -2.62. The lowest BCUT2D eigenvalue weighted by Gasteiger charge is -2.44. The van der Waals surface area contributed by atoms with E-state index >= 15 is 0 Å². The first-order chi connectivity index (χ1) is 15.3. The minimum Gasteiger partial charge on any atom is -0.466 e. The van der Waals surface area contributed by atoms with Crippen LogP contribution >= 0.6 is 0 Å². The normalized spacial score (nSPS) is 33.9. The highest BCUT2D eigenvalue weighted by molar-refractivity contribution is 5.99. The molecule has 8 nitrogen and oxygen atoms in total. The van der Waals surface area contributed by atoms with Gasteiger partial charge in [-0.05, 0) is 53.4 Å². The number of hydrogen-bond donors (Lipinski definition) is 1. The zero-order chi connectivity index (χ0) is 24.9. The molecule has 186 valence electrons. The van der Waals surface area contributed by atoms with Crippen molar-refractivity contribution in [2.45, 2.75) is 90.1 Å². The van der Waals surface area contributed by atoms with Gasteiger partial charge in [-0.25, -0.2) is 0 Å². The summed E-state index contributed by atoms with van der Waals surface area (Å²) in [6.45, 7) is 17.3. The molecule has 2 amide bonds. The molecule has 1 N–H and O–H groups in total. The third-order valence-electron chi connectivity index (χ3n) is 7.69. The van der Waals surface area contributed by atoms with Crippen LogP contribution < -0.4 is 0 Å². The van der Waals surface area contributed by atoms with Gasteiger partial charge in [0.05, 0.1) is 30.8 Å². The first-order valence-corrected chi connectivity index (χ1v) is 12.0. The van der Waals surface area contributed by atoms with Crippen LogP contribution in [0.1, 0.15) is 61.3 Å². The third-order valence-corrected chi connectivity index (χ3v) is 7.69. The van der Waals surface area contributed by atoms with Crippen LogP contribution in [-0.4, -0.2) is 81.3 Å². The van der Waals surface area contributed by atoms with Crippen molar-refractivity contribution in [1.29, 1.82) is 0 Å². The topological polar surface area (TPSA) is 96.4 Å². The zero-order valence-electron chi connectivity index (χ0n) is 21.1. The molecular weight excluding hydrogens is 424 g/mol. The molecule has 0 aromatic heterocycles. The van der Waals surface area contributed by atoms with Gasteiger partial charge in [0.2, 0.25) is 11.8 Å². The zero-order valence-corrected chi connectivity index (χ0v) is 21.1. The van der Waals surface area contributed by atoms with Crippen molar-refractivity contribution in [3.63, 3.8) is 0 Å². The second kappa shape index (κ2) is 8.69. The summed E-state index contributed by atoms with van der Waals surface area (Å²) in [5.74, 6) is -2.71. The molecule has 0 radical (unpaired) electrons. The number of nitrogens with zero attached hydrogens (tertiary/aromatic N) is 2. The summed E-state index contributed by atoms with van der Waals surface area (Å²) < 4.78 is 11.9. The van der Waals surface area contributed by atoms with Gasteiger partial charge in [0.1, 0.15) is 17.6 Å². The lowest BCUT2D eigenvalue weighted by atomic mass is 9.66. The first kappa shape index (κ1) is 25.7. The Morgan fingerprint density at radius 1 is 1.36 bits per heavy atom. The van der Waals surface area contributed by atoms with Crippen LogP contribution in [0.2, 0.25) is 0 Å². The average molecular weight is 465 g/mol. The quantitative estimate of drug-likeness (QED) is 0.437. The molecule has 2 bridgehead atoms. The minimum absolute atomic E-state index is 0.0965. The highest BCUT2D eigenvalue weighted by atomic mass is 16.6. The van der Waals surface area contributed by atoms with Crippen LogP contribution in [0.4, 0.5) is 0 Å². The number of rotatable bonds is 8. The van der Waals surface area contributed by atoms with E-state index in [1.807, 2.05) is 41.5 Å². The van der Waals surface area contributed by atoms with Crippen molar-refractivity contribution in [3.05, 3.63) is 12.7 Å². The van der Waals surface area contributed by atoms with Crippen molar-refractivity contribution in [2.24, 2.45) is 17.8 Å². The number of esters is 1. The molecule has 1 spiro atoms. The summed E-state index contributed by atoms with van der Waals surface area (Å²) in [6, 6.07) is -1.51. The van der Waals surface area contributed by atoms with E-state index in [-0.39, 0.29) is 30.9 Å². The highest BCUT2D eigenvalue weighted by Crippen LogP contribution is 2.64. The Kier molecular flexibility index (Phi) is 6.77. The van der Waals surface area contributed by atoms with Crippen LogP contribution in [0.25, 0.3) is 0 Å². The van der Waals surface area contributed by atoms with Crippen molar-refractivity contribution in [1.82, 2.24) is 9.80 Å². The molecule has 0 aliphatic carbocycles. The number of hydrogen-bond acceptors (Lipinski definition) is 6. The van der Waals surface area contributed by atoms with Crippen LogP contribution in [0.15, 0.2) is 12.7 Å². The van der Waals surface area contributed by atoms with Gasteiger partial charge in [-0.2, -0.15) is 0 Å². The number of likely N-dealkylation sites (tertiary alicyclic amines) is 1. The third kappa shape index (κ3) is 3.79. The summed E-state index contributed by atoms with van der Waals surface area (Å²) in [4.78, 5) is 44.5. The van der Waals surface area contributed by atoms with Gasteiger partial charge in [0.15, 0.2) is 0 Å². The number of aliphatic hydroxyl groups is 1. The molecule has 3 aliphatic rings. The Labute approximate surface area is 197 Å². The number of carbonyl (C=O) groups excluding carboxylic acids is 3. The number of fused-ring (bicyclic) bond motifs is 1. The molecule has 6 atom stereocenters. The SMILES string of the molecule is C=CCN(C(=O)C1N([C@@H](CO)C(C)C)C(=O)[C@@H]2[C@H](C(=O)OCC)[C@]3(C)CCC12O3)C(C)(C)C. The maximum atomic E-state index is 14.2. The second-order valence-electron chi connectivity index (χ2n) is 11.1. The van der Waals surface area contributed by atoms with Gasteiger partial charge in [0, 0.05) is 12.1 Å². The van der Waals surface area contributed by atoms with Gasteiger partial charge in [-0.15, -0.1) is 6.58 Å². The summed E-state index contributed by atoms with van der Waals surface area (Å²) in [6.07, 6.45) is 2.71. The monoisotopic (exact) mass is 464 g/mol. The van der Waals surface area contributed by atoms with Crippen molar-refractivity contribution >= 4 is 17.8 Å². The molecule has 3 saturated heterocycles. The van der Waals surface area contributed by atoms with Gasteiger partial charge in [-0.3, -0.25) is 14.4 Å². The van der Waals surface area contributed by atoms with E-state index in [2.05, 4.69) is 6.58 Å². The van der Waals surface area contributed by atoms with Gasteiger partial charge >= 0.3 is 5.97 Å². The van der Waals surface area contributed by atoms with Crippen molar-refractivity contribution in [2.75, 3.05) is 19.8 Å². The molecule has 3 heterocycles. The van der Waals surface area contributed by atoms with Crippen molar-refractivity contribution in [3.8, 4) is 0 Å². The van der Waals surface area contributed by atoms with E-state index < -0.39 is 46.6 Å². The summed E-state index contributed by atoms with van der Waals surface area (Å²) >= 11 is 0. The number of aliphatic hydroxyl groups excluding tert-OH is 1. The number of amides is 2. The molecule has 2 unspecified atom stereocenters. The minimum atomic E-state index is -1.13. The molecule has 33 heavy (non-hydrogen) atoms. The standard InChI is InChI=1S/C25H40N2O6/c1-9-13-26(23(5,6)7)21(30)19-25-12-11-24(8,33-25)18(22(31)32-10-2)17(25)20(29)27(19)16(14-28)15(3)4/h9,15-19,28H,1,10-14H2,2-8H3/t16-,17-,18+,19?,24-,25?/m0/s1. The molecule has 0 aromatic carbocycles. The lowest BCUT2D eigenvalue weighted by molar-refractivity contribution is -0.163. The summed E-state index contributed by atoms with van der Waals surface area (Å²) in [5.41, 5.74) is -2.52. The molecule has 3 rings (SSSR count). The maximum Gasteiger partial charge on any atom is 0.312 e. The Balaban J connectivity index is 2.18. The Morgan fingerprint density at radius 3 is 2.48 bits per heavy atom. The average Bonchev–Trinajstić information content (AvgIpc) is 3.27. The molecule has 0 saturated carbocycles. The predicted octanol–water partition coefficient (Wildman–Crippen LogP) is 2.14. The fourth-order valence-electron chi connectivity index (χ4n) is 6.18. The van der Waals surface area contributed by atoms with Gasteiger partial charge in [0.25, 0.3) is 0 Å². The van der Waals surface area contributed by atoms with Gasteiger partial charge < -0.3 is 24.4 Å². The van der Waals surface area contributed by atoms with Crippen LogP contribution in [-0.2, 0) is 23.9 Å². The predicted molar refractivity (Wildman–Crippen MR) is 123 cm³/mol. The van der Waals surface area contributed by atoms with E-state index in [0.717, 1.165) is 0 Å².